The Morgan fingerprint density at radius 2 is 2.05 bits per heavy atom. The molecule has 1 aromatic rings. The molecule has 0 saturated carbocycles. The van der Waals surface area contributed by atoms with Crippen LogP contribution in [0.1, 0.15) is 36.3 Å². The van der Waals surface area contributed by atoms with Gasteiger partial charge in [-0.05, 0) is 60.8 Å². The minimum atomic E-state index is 0.0574. The summed E-state index contributed by atoms with van der Waals surface area (Å²) in [5.74, 6) is 2.30. The summed E-state index contributed by atoms with van der Waals surface area (Å²) in [6.45, 7) is 1.75. The molecule has 1 aromatic carbocycles. The molecule has 1 aliphatic heterocycles. The molecule has 1 saturated heterocycles. The number of benzene rings is 1. The summed E-state index contributed by atoms with van der Waals surface area (Å²) in [6, 6.07) is 6.56. The number of hydrogen-bond acceptors (Lipinski definition) is 2. The summed E-state index contributed by atoms with van der Waals surface area (Å²) >= 11 is 0. The van der Waals surface area contributed by atoms with E-state index in [2.05, 4.69) is 23.5 Å². The minimum Gasteiger partial charge on any atom is -0.497 e. The number of amides is 2. The van der Waals surface area contributed by atoms with Crippen LogP contribution in [-0.4, -0.2) is 38.2 Å². The van der Waals surface area contributed by atoms with Gasteiger partial charge in [-0.15, -0.1) is 0 Å². The number of piperidine rings is 1. The molecule has 1 heterocycles. The van der Waals surface area contributed by atoms with E-state index in [0.29, 0.717) is 11.8 Å². The van der Waals surface area contributed by atoms with Crippen molar-refractivity contribution in [2.24, 2.45) is 5.92 Å². The highest BCUT2D eigenvalue weighted by Gasteiger charge is 2.33. The second kappa shape index (κ2) is 5.96. The third kappa shape index (κ3) is 2.71. The maximum absolute atomic E-state index is 11.7. The van der Waals surface area contributed by atoms with E-state index in [4.69, 9.17) is 4.74 Å². The quantitative estimate of drug-likeness (QED) is 0.909. The maximum atomic E-state index is 11.7. The molecule has 1 atom stereocenters. The number of likely N-dealkylation sites (tertiary alicyclic amines) is 1. The molecule has 0 radical (unpaired) electrons. The minimum absolute atomic E-state index is 0.0574. The van der Waals surface area contributed by atoms with E-state index < -0.39 is 0 Å². The van der Waals surface area contributed by atoms with E-state index in [0.717, 1.165) is 31.7 Å². The van der Waals surface area contributed by atoms with E-state index in [1.807, 2.05) is 4.90 Å². The smallest absolute Gasteiger partial charge is 0.317 e. The number of fused-ring (bicyclic) bond motifs is 1. The lowest BCUT2D eigenvalue weighted by molar-refractivity contribution is 0.164. The molecule has 4 heteroatoms. The van der Waals surface area contributed by atoms with Crippen LogP contribution in [0.3, 0.4) is 0 Å². The number of carbonyl (C=O) groups excluding carboxylic acids is 1. The van der Waals surface area contributed by atoms with E-state index >= 15 is 0 Å². The first-order valence-electron chi connectivity index (χ1n) is 7.86. The maximum Gasteiger partial charge on any atom is 0.317 e. The summed E-state index contributed by atoms with van der Waals surface area (Å²) in [7, 11) is 3.43. The SMILES string of the molecule is CNC(=O)N1CCC(C2CCc3ccc(OC)cc32)CC1. The summed E-state index contributed by atoms with van der Waals surface area (Å²) < 4.78 is 5.38. The number of methoxy groups -OCH3 is 1. The third-order valence-corrected chi connectivity index (χ3v) is 5.09. The molecule has 1 N–H and O–H groups in total. The normalized spacial score (nSPS) is 22.0. The molecule has 3 rings (SSSR count). The topological polar surface area (TPSA) is 41.6 Å². The van der Waals surface area contributed by atoms with E-state index in [1.54, 1.807) is 14.2 Å². The molecule has 1 fully saturated rings. The molecule has 4 nitrogen and oxygen atoms in total. The van der Waals surface area contributed by atoms with Crippen molar-refractivity contribution in [3.63, 3.8) is 0 Å². The van der Waals surface area contributed by atoms with Crippen LogP contribution in [0.4, 0.5) is 4.79 Å². The Hall–Kier alpha value is -1.71. The standard InChI is InChI=1S/C17H24N2O2/c1-18-17(20)19-9-7-13(8-10-19)15-6-4-12-3-5-14(21-2)11-16(12)15/h3,5,11,13,15H,4,6-10H2,1-2H3,(H,18,20). The molecule has 0 bridgehead atoms. The highest BCUT2D eigenvalue weighted by atomic mass is 16.5. The first kappa shape index (κ1) is 14.2. The number of carbonyl (C=O) groups is 1. The van der Waals surface area contributed by atoms with E-state index in [1.165, 1.54) is 24.0 Å². The van der Waals surface area contributed by atoms with Crippen LogP contribution in [0.5, 0.6) is 5.75 Å². The Balaban J connectivity index is 1.69. The zero-order valence-corrected chi connectivity index (χ0v) is 12.9. The Kier molecular flexibility index (Phi) is 4.04. The van der Waals surface area contributed by atoms with Crippen LogP contribution in [-0.2, 0) is 6.42 Å². The van der Waals surface area contributed by atoms with Crippen LogP contribution in [0.2, 0.25) is 0 Å². The number of rotatable bonds is 2. The van der Waals surface area contributed by atoms with Crippen molar-refractivity contribution in [1.82, 2.24) is 10.2 Å². The Labute approximate surface area is 126 Å². The van der Waals surface area contributed by atoms with Crippen LogP contribution >= 0.6 is 0 Å². The van der Waals surface area contributed by atoms with Gasteiger partial charge in [-0.3, -0.25) is 0 Å². The van der Waals surface area contributed by atoms with Gasteiger partial charge in [0.05, 0.1) is 7.11 Å². The van der Waals surface area contributed by atoms with Gasteiger partial charge in [0.15, 0.2) is 0 Å². The lowest BCUT2D eigenvalue weighted by atomic mass is 9.81. The molecular formula is C17H24N2O2. The Morgan fingerprint density at radius 1 is 1.29 bits per heavy atom. The first-order chi connectivity index (χ1) is 10.2. The van der Waals surface area contributed by atoms with Crippen molar-refractivity contribution in [3.8, 4) is 5.75 Å². The van der Waals surface area contributed by atoms with Gasteiger partial charge in [0, 0.05) is 20.1 Å². The predicted molar refractivity (Wildman–Crippen MR) is 82.8 cm³/mol. The summed E-state index contributed by atoms with van der Waals surface area (Å²) in [4.78, 5) is 13.6. The number of ether oxygens (including phenoxy) is 1. The molecule has 2 amide bonds. The Morgan fingerprint density at radius 3 is 2.71 bits per heavy atom. The fraction of sp³-hybridized carbons (Fsp3) is 0.588. The summed E-state index contributed by atoms with van der Waals surface area (Å²) in [5, 5.41) is 2.72. The zero-order chi connectivity index (χ0) is 14.8. The molecule has 1 aliphatic carbocycles. The highest BCUT2D eigenvalue weighted by molar-refractivity contribution is 5.73. The number of nitrogens with zero attached hydrogens (tertiary/aromatic N) is 1. The van der Waals surface area contributed by atoms with Crippen molar-refractivity contribution in [2.45, 2.75) is 31.6 Å². The fourth-order valence-corrected chi connectivity index (χ4v) is 3.89. The van der Waals surface area contributed by atoms with Crippen LogP contribution < -0.4 is 10.1 Å². The second-order valence-electron chi connectivity index (χ2n) is 6.09. The number of hydrogen-bond donors (Lipinski definition) is 1. The van der Waals surface area contributed by atoms with Gasteiger partial charge in [-0.25, -0.2) is 4.79 Å². The van der Waals surface area contributed by atoms with Crippen LogP contribution in [0, 0.1) is 5.92 Å². The molecule has 114 valence electrons. The summed E-state index contributed by atoms with van der Waals surface area (Å²) in [6.07, 6.45) is 4.64. The largest absolute Gasteiger partial charge is 0.497 e. The molecule has 21 heavy (non-hydrogen) atoms. The van der Waals surface area contributed by atoms with Crippen molar-refractivity contribution in [2.75, 3.05) is 27.2 Å². The van der Waals surface area contributed by atoms with Crippen molar-refractivity contribution < 1.29 is 9.53 Å². The summed E-state index contributed by atoms with van der Waals surface area (Å²) in [5.41, 5.74) is 2.96. The first-order valence-corrected chi connectivity index (χ1v) is 7.86. The van der Waals surface area contributed by atoms with E-state index in [-0.39, 0.29) is 6.03 Å². The van der Waals surface area contributed by atoms with Gasteiger partial charge in [-0.2, -0.15) is 0 Å². The van der Waals surface area contributed by atoms with Gasteiger partial charge in [0.25, 0.3) is 0 Å². The molecule has 0 aromatic heterocycles. The van der Waals surface area contributed by atoms with Gasteiger partial charge in [0.1, 0.15) is 5.75 Å². The number of urea groups is 1. The number of nitrogens with one attached hydrogen (secondary N) is 1. The third-order valence-electron chi connectivity index (χ3n) is 5.09. The molecule has 2 aliphatic rings. The zero-order valence-electron chi connectivity index (χ0n) is 12.9. The van der Waals surface area contributed by atoms with Gasteiger partial charge >= 0.3 is 6.03 Å². The molecule has 0 spiro atoms. The van der Waals surface area contributed by atoms with Crippen LogP contribution in [0.15, 0.2) is 18.2 Å². The Bertz CT molecular complexity index is 522. The lowest BCUT2D eigenvalue weighted by Gasteiger charge is -2.35. The van der Waals surface area contributed by atoms with Gasteiger partial charge < -0.3 is 15.0 Å². The lowest BCUT2D eigenvalue weighted by Crippen LogP contribution is -2.43. The second-order valence-corrected chi connectivity index (χ2v) is 6.09. The highest BCUT2D eigenvalue weighted by Crippen LogP contribution is 2.43. The molecular weight excluding hydrogens is 264 g/mol. The van der Waals surface area contributed by atoms with Crippen molar-refractivity contribution in [3.05, 3.63) is 29.3 Å². The van der Waals surface area contributed by atoms with Crippen LogP contribution in [0.25, 0.3) is 0 Å². The monoisotopic (exact) mass is 288 g/mol. The van der Waals surface area contributed by atoms with Gasteiger partial charge in [-0.1, -0.05) is 6.07 Å². The van der Waals surface area contributed by atoms with Gasteiger partial charge in [0.2, 0.25) is 0 Å². The van der Waals surface area contributed by atoms with Crippen molar-refractivity contribution >= 4 is 6.03 Å². The number of aryl methyl sites for hydroxylation is 1. The molecule has 1 unspecified atom stereocenters. The average Bonchev–Trinajstić information content (AvgIpc) is 2.97. The van der Waals surface area contributed by atoms with E-state index in [9.17, 15) is 4.79 Å². The predicted octanol–water partition coefficient (Wildman–Crippen LogP) is 2.78. The average molecular weight is 288 g/mol. The van der Waals surface area contributed by atoms with Crippen molar-refractivity contribution in [1.29, 1.82) is 0 Å². The fourth-order valence-electron chi connectivity index (χ4n) is 3.89.